The molecule has 21 heavy (non-hydrogen) atoms. The fourth-order valence-electron chi connectivity index (χ4n) is 1.88. The maximum Gasteiger partial charge on any atom is 0.185 e. The van der Waals surface area contributed by atoms with Crippen molar-refractivity contribution in [2.24, 2.45) is 0 Å². The number of benzene rings is 2. The van der Waals surface area contributed by atoms with Gasteiger partial charge in [0.15, 0.2) is 23.3 Å². The number of hydrogen-bond donors (Lipinski definition) is 2. The third-order valence-electron chi connectivity index (χ3n) is 2.89. The molecule has 0 aliphatic heterocycles. The molecule has 106 valence electrons. The second-order valence-electron chi connectivity index (χ2n) is 4.27. The molecule has 4 nitrogen and oxygen atoms in total. The van der Waals surface area contributed by atoms with Gasteiger partial charge >= 0.3 is 0 Å². The Balaban J connectivity index is 2.08. The van der Waals surface area contributed by atoms with Crippen LogP contribution in [0.4, 0.5) is 8.78 Å². The van der Waals surface area contributed by atoms with E-state index in [2.05, 4.69) is 15.2 Å². The number of phenolic OH excluding ortho intramolecular Hbond substituents is 1. The smallest absolute Gasteiger partial charge is 0.185 e. The third-order valence-corrected chi connectivity index (χ3v) is 3.13. The van der Waals surface area contributed by atoms with Gasteiger partial charge in [-0.1, -0.05) is 17.7 Å². The molecule has 0 aliphatic carbocycles. The first kappa shape index (κ1) is 13.5. The fraction of sp³-hybridized carbons (Fsp3) is 0. The van der Waals surface area contributed by atoms with Crippen molar-refractivity contribution in [3.8, 4) is 28.5 Å². The molecule has 0 amide bonds. The number of phenols is 1. The first-order valence-corrected chi connectivity index (χ1v) is 6.29. The Morgan fingerprint density at radius 2 is 1.90 bits per heavy atom. The number of aromatic hydroxyl groups is 1. The Morgan fingerprint density at radius 1 is 1.10 bits per heavy atom. The minimum atomic E-state index is -1.02. The zero-order chi connectivity index (χ0) is 15.0. The highest BCUT2D eigenvalue weighted by Crippen LogP contribution is 2.31. The first-order chi connectivity index (χ1) is 10.1. The topological polar surface area (TPSA) is 61.8 Å². The minimum Gasteiger partial charge on any atom is -0.507 e. The van der Waals surface area contributed by atoms with Gasteiger partial charge in [-0.3, -0.25) is 5.10 Å². The molecule has 0 atom stereocenters. The molecule has 1 aromatic heterocycles. The number of nitrogens with one attached hydrogen (secondary N) is 1. The summed E-state index contributed by atoms with van der Waals surface area (Å²) in [6.45, 7) is 0. The highest BCUT2D eigenvalue weighted by atomic mass is 35.5. The number of rotatable bonds is 2. The number of aromatic nitrogens is 3. The van der Waals surface area contributed by atoms with Crippen molar-refractivity contribution in [3.63, 3.8) is 0 Å². The van der Waals surface area contributed by atoms with Crippen molar-refractivity contribution in [3.05, 3.63) is 53.1 Å². The van der Waals surface area contributed by atoms with E-state index in [4.69, 9.17) is 11.6 Å². The summed E-state index contributed by atoms with van der Waals surface area (Å²) in [5, 5.41) is 16.6. The van der Waals surface area contributed by atoms with Crippen LogP contribution in [0.3, 0.4) is 0 Å². The van der Waals surface area contributed by atoms with Gasteiger partial charge in [-0.25, -0.2) is 13.8 Å². The van der Waals surface area contributed by atoms with Crippen LogP contribution < -0.4 is 0 Å². The second kappa shape index (κ2) is 5.14. The number of aromatic amines is 1. The molecule has 0 radical (unpaired) electrons. The largest absolute Gasteiger partial charge is 0.507 e. The van der Waals surface area contributed by atoms with Crippen molar-refractivity contribution in [2.45, 2.75) is 0 Å². The molecule has 3 rings (SSSR count). The van der Waals surface area contributed by atoms with Gasteiger partial charge in [0.2, 0.25) is 0 Å². The molecule has 0 saturated carbocycles. The van der Waals surface area contributed by atoms with E-state index in [9.17, 15) is 13.9 Å². The Kier molecular flexibility index (Phi) is 3.31. The van der Waals surface area contributed by atoms with Gasteiger partial charge in [0.25, 0.3) is 0 Å². The molecule has 1 heterocycles. The fourth-order valence-corrected chi connectivity index (χ4v) is 2.05. The molecule has 0 fully saturated rings. The van der Waals surface area contributed by atoms with Gasteiger partial charge in [-0.2, -0.15) is 5.10 Å². The summed E-state index contributed by atoms with van der Waals surface area (Å²) in [5.74, 6) is -1.87. The van der Waals surface area contributed by atoms with Gasteiger partial charge in [0.1, 0.15) is 5.75 Å². The summed E-state index contributed by atoms with van der Waals surface area (Å²) in [5.41, 5.74) is 0.247. The molecule has 0 bridgehead atoms. The molecule has 0 spiro atoms. The summed E-state index contributed by atoms with van der Waals surface area (Å²) in [4.78, 5) is 4.06. The Hall–Kier alpha value is -2.47. The van der Waals surface area contributed by atoms with Crippen LogP contribution in [-0.2, 0) is 0 Å². The second-order valence-corrected chi connectivity index (χ2v) is 4.71. The Bertz CT molecular complexity index is 803. The van der Waals surface area contributed by atoms with Crippen molar-refractivity contribution in [2.75, 3.05) is 0 Å². The van der Waals surface area contributed by atoms with Gasteiger partial charge in [0, 0.05) is 5.02 Å². The standard InChI is InChI=1S/C14H8ClF2N3O/c15-7-4-5-11(21)9(6-7)14-18-13(19-20-14)8-2-1-3-10(16)12(8)17/h1-6,21H,(H,18,19,20). The summed E-state index contributed by atoms with van der Waals surface area (Å²) in [6, 6.07) is 8.15. The van der Waals surface area contributed by atoms with Crippen LogP contribution in [0.5, 0.6) is 5.75 Å². The highest BCUT2D eigenvalue weighted by molar-refractivity contribution is 6.30. The molecule has 0 aliphatic rings. The number of nitrogens with zero attached hydrogens (tertiary/aromatic N) is 2. The number of hydrogen-bond acceptors (Lipinski definition) is 3. The van der Waals surface area contributed by atoms with E-state index in [1.165, 1.54) is 30.3 Å². The van der Waals surface area contributed by atoms with Gasteiger partial charge in [-0.15, -0.1) is 0 Å². The van der Waals surface area contributed by atoms with Crippen molar-refractivity contribution >= 4 is 11.6 Å². The van der Waals surface area contributed by atoms with E-state index >= 15 is 0 Å². The summed E-state index contributed by atoms with van der Waals surface area (Å²) in [7, 11) is 0. The van der Waals surface area contributed by atoms with Crippen LogP contribution in [0.15, 0.2) is 36.4 Å². The van der Waals surface area contributed by atoms with Crippen LogP contribution in [0, 0.1) is 11.6 Å². The molecule has 0 unspecified atom stereocenters. The summed E-state index contributed by atoms with van der Waals surface area (Å²) >= 11 is 5.85. The lowest BCUT2D eigenvalue weighted by atomic mass is 10.2. The summed E-state index contributed by atoms with van der Waals surface area (Å²) < 4.78 is 26.9. The average molecular weight is 308 g/mol. The number of halogens is 3. The predicted molar refractivity (Wildman–Crippen MR) is 73.8 cm³/mol. The molecule has 2 aromatic carbocycles. The predicted octanol–water partition coefficient (Wildman–Crippen LogP) is 3.78. The first-order valence-electron chi connectivity index (χ1n) is 5.92. The van der Waals surface area contributed by atoms with Gasteiger partial charge in [0.05, 0.1) is 11.1 Å². The average Bonchev–Trinajstić information content (AvgIpc) is 2.94. The van der Waals surface area contributed by atoms with Crippen LogP contribution in [-0.4, -0.2) is 20.3 Å². The lowest BCUT2D eigenvalue weighted by molar-refractivity contribution is 0.477. The summed E-state index contributed by atoms with van der Waals surface area (Å²) in [6.07, 6.45) is 0. The SMILES string of the molecule is Oc1ccc(Cl)cc1-c1n[nH]c(-c2cccc(F)c2F)n1. The molecule has 0 saturated heterocycles. The lowest BCUT2D eigenvalue weighted by Crippen LogP contribution is -1.90. The quantitative estimate of drug-likeness (QED) is 0.757. The highest BCUT2D eigenvalue weighted by Gasteiger charge is 2.16. The molecular weight excluding hydrogens is 300 g/mol. The molecule has 3 aromatic rings. The Labute approximate surface area is 123 Å². The zero-order valence-electron chi connectivity index (χ0n) is 10.4. The van der Waals surface area contributed by atoms with E-state index in [0.717, 1.165) is 6.07 Å². The van der Waals surface area contributed by atoms with E-state index in [0.29, 0.717) is 10.6 Å². The number of H-pyrrole nitrogens is 1. The maximum absolute atomic E-state index is 13.7. The van der Waals surface area contributed by atoms with E-state index in [-0.39, 0.29) is 23.0 Å². The van der Waals surface area contributed by atoms with Crippen LogP contribution in [0.2, 0.25) is 5.02 Å². The Morgan fingerprint density at radius 3 is 2.71 bits per heavy atom. The van der Waals surface area contributed by atoms with E-state index in [1.54, 1.807) is 0 Å². The normalized spacial score (nSPS) is 10.8. The molecular formula is C14H8ClF2N3O. The molecule has 7 heteroatoms. The monoisotopic (exact) mass is 307 g/mol. The van der Waals surface area contributed by atoms with E-state index in [1.807, 2.05) is 0 Å². The van der Waals surface area contributed by atoms with Crippen LogP contribution in [0.25, 0.3) is 22.8 Å². The zero-order valence-corrected chi connectivity index (χ0v) is 11.2. The van der Waals surface area contributed by atoms with Gasteiger partial charge < -0.3 is 5.11 Å². The van der Waals surface area contributed by atoms with E-state index < -0.39 is 11.6 Å². The van der Waals surface area contributed by atoms with Crippen LogP contribution in [0.1, 0.15) is 0 Å². The third kappa shape index (κ3) is 2.45. The van der Waals surface area contributed by atoms with Gasteiger partial charge in [-0.05, 0) is 30.3 Å². The van der Waals surface area contributed by atoms with Crippen molar-refractivity contribution in [1.82, 2.24) is 15.2 Å². The molecule has 2 N–H and O–H groups in total. The van der Waals surface area contributed by atoms with Crippen molar-refractivity contribution < 1.29 is 13.9 Å². The van der Waals surface area contributed by atoms with Crippen molar-refractivity contribution in [1.29, 1.82) is 0 Å². The lowest BCUT2D eigenvalue weighted by Gasteiger charge is -2.00. The maximum atomic E-state index is 13.7. The minimum absolute atomic E-state index is 0.0460. The van der Waals surface area contributed by atoms with Crippen LogP contribution >= 0.6 is 11.6 Å².